The van der Waals surface area contributed by atoms with Crippen LogP contribution in [-0.2, 0) is 5.75 Å². The second kappa shape index (κ2) is 6.76. The van der Waals surface area contributed by atoms with Gasteiger partial charge in [-0.1, -0.05) is 68.1 Å². The lowest BCUT2D eigenvalue weighted by Crippen LogP contribution is -1.88. The molecular formula is C20H19N3OS. The minimum absolute atomic E-state index is 0.551. The fraction of sp³-hybridized carbons (Fsp3) is 0.200. The van der Waals surface area contributed by atoms with Crippen LogP contribution >= 0.6 is 11.8 Å². The van der Waals surface area contributed by atoms with Crippen molar-refractivity contribution in [3.8, 4) is 11.5 Å². The van der Waals surface area contributed by atoms with Gasteiger partial charge in [0.1, 0.15) is 0 Å². The summed E-state index contributed by atoms with van der Waals surface area (Å²) in [4.78, 5) is 3.23. The number of hydrogen-bond acceptors (Lipinski definition) is 4. The average molecular weight is 349 g/mol. The summed E-state index contributed by atoms with van der Waals surface area (Å²) in [5, 5.41) is 10.1. The molecule has 4 nitrogen and oxygen atoms in total. The van der Waals surface area contributed by atoms with Gasteiger partial charge in [0, 0.05) is 22.9 Å². The number of H-pyrrole nitrogens is 1. The van der Waals surface area contributed by atoms with Crippen LogP contribution in [0.3, 0.4) is 0 Å². The first-order valence-corrected chi connectivity index (χ1v) is 9.31. The molecule has 0 bridgehead atoms. The normalized spacial score (nSPS) is 11.5. The third-order valence-electron chi connectivity index (χ3n) is 4.23. The van der Waals surface area contributed by atoms with Crippen molar-refractivity contribution in [1.29, 1.82) is 0 Å². The van der Waals surface area contributed by atoms with Crippen molar-refractivity contribution in [2.45, 2.75) is 30.7 Å². The molecule has 2 aromatic heterocycles. The number of rotatable bonds is 5. The van der Waals surface area contributed by atoms with Gasteiger partial charge < -0.3 is 9.40 Å². The van der Waals surface area contributed by atoms with E-state index in [0.717, 1.165) is 22.2 Å². The van der Waals surface area contributed by atoms with Gasteiger partial charge in [-0.15, -0.1) is 10.2 Å². The fourth-order valence-corrected chi connectivity index (χ4v) is 3.49. The van der Waals surface area contributed by atoms with Crippen LogP contribution in [0.1, 0.15) is 30.9 Å². The van der Waals surface area contributed by atoms with Gasteiger partial charge in [-0.3, -0.25) is 0 Å². The number of nitrogens with one attached hydrogen (secondary N) is 1. The predicted molar refractivity (Wildman–Crippen MR) is 102 cm³/mol. The van der Waals surface area contributed by atoms with E-state index >= 15 is 0 Å². The number of fused-ring (bicyclic) bond motifs is 1. The molecule has 4 aromatic rings. The highest BCUT2D eigenvalue weighted by Crippen LogP contribution is 2.30. The topological polar surface area (TPSA) is 54.7 Å². The summed E-state index contributed by atoms with van der Waals surface area (Å²) in [7, 11) is 0. The number of para-hydroxylation sites is 1. The first-order valence-electron chi connectivity index (χ1n) is 8.32. The summed E-state index contributed by atoms with van der Waals surface area (Å²) in [6.45, 7) is 4.41. The molecule has 0 aliphatic carbocycles. The smallest absolute Gasteiger partial charge is 0.277 e. The van der Waals surface area contributed by atoms with Gasteiger partial charge in [0.15, 0.2) is 0 Å². The lowest BCUT2D eigenvalue weighted by molar-refractivity contribution is 0.466. The van der Waals surface area contributed by atoms with Crippen LogP contribution < -0.4 is 0 Å². The highest BCUT2D eigenvalue weighted by Gasteiger charge is 2.13. The summed E-state index contributed by atoms with van der Waals surface area (Å²) in [6.07, 6.45) is 1.91. The molecule has 0 unspecified atom stereocenters. The monoisotopic (exact) mass is 349 g/mol. The van der Waals surface area contributed by atoms with E-state index in [1.807, 2.05) is 24.4 Å². The molecule has 0 amide bonds. The Morgan fingerprint density at radius 2 is 1.84 bits per heavy atom. The van der Waals surface area contributed by atoms with Crippen molar-refractivity contribution in [3.63, 3.8) is 0 Å². The van der Waals surface area contributed by atoms with E-state index < -0.39 is 0 Å². The van der Waals surface area contributed by atoms with Gasteiger partial charge in [-0.05, 0) is 23.1 Å². The van der Waals surface area contributed by atoms with E-state index in [4.69, 9.17) is 4.42 Å². The Kier molecular flexibility index (Phi) is 4.32. The Hall–Kier alpha value is -2.53. The predicted octanol–water partition coefficient (Wildman–Crippen LogP) is 5.63. The molecule has 126 valence electrons. The van der Waals surface area contributed by atoms with Crippen LogP contribution in [0.2, 0.25) is 0 Å². The largest absolute Gasteiger partial charge is 0.411 e. The van der Waals surface area contributed by atoms with Crippen LogP contribution in [0.5, 0.6) is 0 Å². The highest BCUT2D eigenvalue weighted by molar-refractivity contribution is 7.98. The van der Waals surface area contributed by atoms with E-state index in [1.54, 1.807) is 11.8 Å². The molecule has 1 N–H and O–H groups in total. The van der Waals surface area contributed by atoms with Gasteiger partial charge in [-0.2, -0.15) is 0 Å². The van der Waals surface area contributed by atoms with Crippen molar-refractivity contribution in [1.82, 2.24) is 15.2 Å². The summed E-state index contributed by atoms with van der Waals surface area (Å²) in [5.74, 6) is 1.92. The van der Waals surface area contributed by atoms with Gasteiger partial charge in [-0.25, -0.2) is 0 Å². The zero-order valence-electron chi connectivity index (χ0n) is 14.2. The van der Waals surface area contributed by atoms with Gasteiger partial charge >= 0.3 is 0 Å². The minimum Gasteiger partial charge on any atom is -0.411 e. The van der Waals surface area contributed by atoms with Crippen molar-refractivity contribution in [2.75, 3.05) is 0 Å². The first kappa shape index (κ1) is 16.0. The van der Waals surface area contributed by atoms with E-state index in [-0.39, 0.29) is 0 Å². The summed E-state index contributed by atoms with van der Waals surface area (Å²) in [5.41, 5.74) is 4.61. The molecule has 0 spiro atoms. The third kappa shape index (κ3) is 3.33. The highest BCUT2D eigenvalue weighted by atomic mass is 32.2. The Balaban J connectivity index is 1.48. The van der Waals surface area contributed by atoms with Crippen molar-refractivity contribution >= 4 is 22.7 Å². The van der Waals surface area contributed by atoms with E-state index in [1.165, 1.54) is 11.1 Å². The fourth-order valence-electron chi connectivity index (χ4n) is 2.77. The van der Waals surface area contributed by atoms with Crippen molar-refractivity contribution in [3.05, 3.63) is 65.9 Å². The molecular weight excluding hydrogens is 330 g/mol. The first-order chi connectivity index (χ1) is 12.2. The number of benzene rings is 2. The molecule has 0 saturated carbocycles. The summed E-state index contributed by atoms with van der Waals surface area (Å²) >= 11 is 1.56. The summed E-state index contributed by atoms with van der Waals surface area (Å²) in [6, 6.07) is 16.8. The van der Waals surface area contributed by atoms with E-state index in [0.29, 0.717) is 17.0 Å². The molecule has 0 aliphatic rings. The Bertz CT molecular complexity index is 986. The molecule has 5 heteroatoms. The quantitative estimate of drug-likeness (QED) is 0.474. The van der Waals surface area contributed by atoms with Crippen molar-refractivity contribution < 1.29 is 4.42 Å². The SMILES string of the molecule is CC(C)c1ccc(CSc2nnc(-c3c[nH]c4ccccc34)o2)cc1. The number of aromatic nitrogens is 3. The Morgan fingerprint density at radius 3 is 2.64 bits per heavy atom. The number of thioether (sulfide) groups is 1. The zero-order chi connectivity index (χ0) is 17.2. The lowest BCUT2D eigenvalue weighted by Gasteiger charge is -2.05. The number of nitrogens with zero attached hydrogens (tertiary/aromatic N) is 2. The van der Waals surface area contributed by atoms with E-state index in [2.05, 4.69) is 59.4 Å². The second-order valence-corrected chi connectivity index (χ2v) is 7.23. The maximum atomic E-state index is 5.84. The minimum atomic E-state index is 0.551. The molecule has 25 heavy (non-hydrogen) atoms. The van der Waals surface area contributed by atoms with Gasteiger partial charge in [0.2, 0.25) is 0 Å². The molecule has 2 aromatic carbocycles. The van der Waals surface area contributed by atoms with Crippen LogP contribution in [0, 0.1) is 0 Å². The maximum Gasteiger partial charge on any atom is 0.277 e. The second-order valence-electron chi connectivity index (χ2n) is 6.31. The standard InChI is InChI=1S/C20H19N3OS/c1-13(2)15-9-7-14(8-10-15)12-25-20-23-22-19(24-20)17-11-21-18-6-4-3-5-16(17)18/h3-11,13,21H,12H2,1-2H3. The molecule has 0 fully saturated rings. The molecule has 2 heterocycles. The third-order valence-corrected chi connectivity index (χ3v) is 5.12. The van der Waals surface area contributed by atoms with Gasteiger partial charge in [0.25, 0.3) is 11.1 Å². The Labute approximate surface area is 150 Å². The van der Waals surface area contributed by atoms with E-state index in [9.17, 15) is 0 Å². The van der Waals surface area contributed by atoms with Crippen LogP contribution in [-0.4, -0.2) is 15.2 Å². The molecule has 0 saturated heterocycles. The van der Waals surface area contributed by atoms with Crippen LogP contribution in [0.25, 0.3) is 22.4 Å². The molecule has 4 rings (SSSR count). The lowest BCUT2D eigenvalue weighted by atomic mass is 10.0. The number of hydrogen-bond donors (Lipinski definition) is 1. The molecule has 0 atom stereocenters. The van der Waals surface area contributed by atoms with Crippen LogP contribution in [0.4, 0.5) is 0 Å². The number of aromatic amines is 1. The molecule has 0 radical (unpaired) electrons. The van der Waals surface area contributed by atoms with Gasteiger partial charge in [0.05, 0.1) is 5.56 Å². The maximum absolute atomic E-state index is 5.84. The zero-order valence-corrected chi connectivity index (χ0v) is 15.0. The molecule has 0 aliphatic heterocycles. The summed E-state index contributed by atoms with van der Waals surface area (Å²) < 4.78 is 5.84. The van der Waals surface area contributed by atoms with Crippen LogP contribution in [0.15, 0.2) is 64.4 Å². The Morgan fingerprint density at radius 1 is 1.04 bits per heavy atom. The average Bonchev–Trinajstić information content (AvgIpc) is 3.27. The van der Waals surface area contributed by atoms with Crippen molar-refractivity contribution in [2.24, 2.45) is 0 Å².